The monoisotopic (exact) mass is 796 g/mol. The Bertz CT molecular complexity index is 1100. The van der Waals surface area contributed by atoms with Gasteiger partial charge in [0, 0.05) is 13.0 Å². The largest absolute Gasteiger partial charge is 0.480 e. The summed E-state index contributed by atoms with van der Waals surface area (Å²) >= 11 is 0. The molecule has 3 unspecified atom stereocenters. The fourth-order valence-electron chi connectivity index (χ4n) is 5.51. The van der Waals surface area contributed by atoms with Crippen molar-refractivity contribution in [3.63, 3.8) is 0 Å². The molecule has 0 aromatic heterocycles. The molecule has 55 heavy (non-hydrogen) atoms. The minimum absolute atomic E-state index is 0.0130. The van der Waals surface area contributed by atoms with Crippen LogP contribution in [0.15, 0.2) is 60.8 Å². The van der Waals surface area contributed by atoms with Crippen LogP contribution in [-0.2, 0) is 32.7 Å². The standard InChI is InChI=1S/C44H78NO9P/c1-3-5-7-9-11-13-15-17-19-20-21-23-25-27-29-31-33-35-37-51-38-41(39-52-55(49,50)53-40-42(45)44(47)48)54-43(46)36-34-32-30-28-26-24-22-18-16-14-12-10-8-6-4-2/h5,7,11,13,17,19,21,23,27,29,41-42H,3-4,6,8-10,12,14-16,18,20,22,24-26,28,30-40,45H2,1-2H3,(H,47,48)(H,49,50)/b7-5-,13-11-,19-17-,23-21-,29-27-. The zero-order valence-electron chi connectivity index (χ0n) is 34.5. The van der Waals surface area contributed by atoms with Gasteiger partial charge in [-0.1, -0.05) is 164 Å². The molecule has 0 amide bonds. The molecule has 0 aromatic carbocycles. The lowest BCUT2D eigenvalue weighted by Crippen LogP contribution is -2.34. The summed E-state index contributed by atoms with van der Waals surface area (Å²) in [4.78, 5) is 33.5. The molecule has 0 aromatic rings. The summed E-state index contributed by atoms with van der Waals surface area (Å²) in [6.07, 6.45) is 47.0. The lowest BCUT2D eigenvalue weighted by atomic mass is 10.0. The fourth-order valence-corrected chi connectivity index (χ4v) is 6.29. The SMILES string of the molecule is CC/C=C\C/C=C\C/C=C\C/C=C\C/C=C\CCCCOCC(COP(=O)(O)OCC(N)C(=O)O)OC(=O)CCCCCCCCCCCCCCCCC. The van der Waals surface area contributed by atoms with E-state index in [1.54, 1.807) is 0 Å². The molecule has 0 aliphatic rings. The first kappa shape index (κ1) is 52.7. The van der Waals surface area contributed by atoms with Crippen LogP contribution in [0.25, 0.3) is 0 Å². The molecule has 0 aliphatic carbocycles. The summed E-state index contributed by atoms with van der Waals surface area (Å²) in [5.74, 6) is -1.80. The number of aliphatic carboxylic acids is 1. The number of allylic oxidation sites excluding steroid dienone is 10. The van der Waals surface area contributed by atoms with Crippen molar-refractivity contribution in [3.8, 4) is 0 Å². The van der Waals surface area contributed by atoms with Gasteiger partial charge in [-0.25, -0.2) is 4.57 Å². The Labute approximate surface area is 334 Å². The van der Waals surface area contributed by atoms with Crippen LogP contribution in [0.4, 0.5) is 0 Å². The van der Waals surface area contributed by atoms with Crippen LogP contribution in [-0.4, -0.2) is 60.5 Å². The van der Waals surface area contributed by atoms with E-state index in [9.17, 15) is 19.0 Å². The van der Waals surface area contributed by atoms with Crippen LogP contribution in [0.1, 0.15) is 168 Å². The van der Waals surface area contributed by atoms with Crippen molar-refractivity contribution in [2.45, 2.75) is 180 Å². The van der Waals surface area contributed by atoms with Gasteiger partial charge < -0.3 is 25.2 Å². The van der Waals surface area contributed by atoms with Gasteiger partial charge in [-0.2, -0.15) is 0 Å². The van der Waals surface area contributed by atoms with Crippen molar-refractivity contribution in [1.82, 2.24) is 0 Å². The number of rotatable bonds is 40. The minimum Gasteiger partial charge on any atom is -0.480 e. The summed E-state index contributed by atoms with van der Waals surface area (Å²) in [7, 11) is -4.63. The zero-order valence-corrected chi connectivity index (χ0v) is 35.4. The van der Waals surface area contributed by atoms with E-state index < -0.39 is 45.1 Å². The van der Waals surface area contributed by atoms with Gasteiger partial charge in [0.05, 0.1) is 19.8 Å². The molecular weight excluding hydrogens is 717 g/mol. The molecule has 0 bridgehead atoms. The predicted octanol–water partition coefficient (Wildman–Crippen LogP) is 11.6. The number of carboxylic acids is 1. The van der Waals surface area contributed by atoms with Crippen molar-refractivity contribution in [2.24, 2.45) is 5.73 Å². The molecule has 0 radical (unpaired) electrons. The van der Waals surface area contributed by atoms with E-state index in [1.165, 1.54) is 70.6 Å². The van der Waals surface area contributed by atoms with Crippen LogP contribution < -0.4 is 5.73 Å². The van der Waals surface area contributed by atoms with E-state index in [4.69, 9.17) is 29.4 Å². The first-order valence-corrected chi connectivity index (χ1v) is 22.8. The molecular formula is C44H78NO9P. The molecule has 0 rings (SSSR count). The number of carboxylic acid groups (broad SMARTS) is 1. The Morgan fingerprint density at radius 2 is 1.05 bits per heavy atom. The highest BCUT2D eigenvalue weighted by atomic mass is 31.2. The number of hydrogen-bond donors (Lipinski definition) is 3. The normalized spacial score (nSPS) is 14.5. The average molecular weight is 796 g/mol. The van der Waals surface area contributed by atoms with E-state index in [0.717, 1.165) is 70.6 Å². The molecule has 10 nitrogen and oxygen atoms in total. The molecule has 11 heteroatoms. The number of esters is 1. The predicted molar refractivity (Wildman–Crippen MR) is 226 cm³/mol. The fraction of sp³-hybridized carbons (Fsp3) is 0.727. The molecule has 318 valence electrons. The number of phosphoric acid groups is 1. The van der Waals surface area contributed by atoms with Crippen molar-refractivity contribution in [1.29, 1.82) is 0 Å². The van der Waals surface area contributed by atoms with Gasteiger partial charge in [0.15, 0.2) is 0 Å². The van der Waals surface area contributed by atoms with E-state index in [0.29, 0.717) is 13.0 Å². The molecule has 0 saturated heterocycles. The van der Waals surface area contributed by atoms with Crippen molar-refractivity contribution >= 4 is 19.8 Å². The van der Waals surface area contributed by atoms with E-state index in [-0.39, 0.29) is 13.0 Å². The lowest BCUT2D eigenvalue weighted by molar-refractivity contribution is -0.154. The maximum Gasteiger partial charge on any atom is 0.472 e. The summed E-state index contributed by atoms with van der Waals surface area (Å²) in [6, 6.07) is -1.48. The highest BCUT2D eigenvalue weighted by Crippen LogP contribution is 2.43. The van der Waals surface area contributed by atoms with E-state index in [2.05, 4.69) is 74.6 Å². The van der Waals surface area contributed by atoms with Crippen LogP contribution >= 0.6 is 7.82 Å². The summed E-state index contributed by atoms with van der Waals surface area (Å²) in [6.45, 7) is 3.66. The maximum absolute atomic E-state index is 12.6. The third kappa shape index (κ3) is 39.7. The van der Waals surface area contributed by atoms with Crippen molar-refractivity contribution in [2.75, 3.05) is 26.4 Å². The number of carbonyl (C=O) groups excluding carboxylic acids is 1. The van der Waals surface area contributed by atoms with Crippen LogP contribution in [0, 0.1) is 0 Å². The second-order valence-electron chi connectivity index (χ2n) is 14.1. The van der Waals surface area contributed by atoms with Crippen molar-refractivity contribution in [3.05, 3.63) is 60.8 Å². The number of ether oxygens (including phenoxy) is 2. The highest BCUT2D eigenvalue weighted by Gasteiger charge is 2.27. The molecule has 0 aliphatic heterocycles. The number of carbonyl (C=O) groups is 2. The average Bonchev–Trinajstić information content (AvgIpc) is 3.16. The van der Waals surface area contributed by atoms with E-state index >= 15 is 0 Å². The molecule has 3 atom stereocenters. The molecule has 0 saturated carbocycles. The van der Waals surface area contributed by atoms with Crippen LogP contribution in [0.3, 0.4) is 0 Å². The summed E-state index contributed by atoms with van der Waals surface area (Å²) in [5, 5.41) is 8.89. The second-order valence-corrected chi connectivity index (χ2v) is 15.5. The maximum atomic E-state index is 12.6. The lowest BCUT2D eigenvalue weighted by Gasteiger charge is -2.20. The molecule has 4 N–H and O–H groups in total. The Morgan fingerprint density at radius 1 is 0.600 bits per heavy atom. The first-order valence-electron chi connectivity index (χ1n) is 21.3. The van der Waals surface area contributed by atoms with Gasteiger partial charge in [-0.3, -0.25) is 18.6 Å². The Balaban J connectivity index is 4.34. The van der Waals surface area contributed by atoms with Gasteiger partial charge in [0.2, 0.25) is 0 Å². The third-order valence-corrected chi connectivity index (χ3v) is 9.76. The molecule has 0 fully saturated rings. The Kier molecular flexibility index (Phi) is 38.2. The number of unbranched alkanes of at least 4 members (excludes halogenated alkanes) is 16. The second kappa shape index (κ2) is 39.9. The van der Waals surface area contributed by atoms with Crippen molar-refractivity contribution < 1.29 is 42.7 Å². The highest BCUT2D eigenvalue weighted by molar-refractivity contribution is 7.47. The number of nitrogens with two attached hydrogens (primary N) is 1. The van der Waals surface area contributed by atoms with Crippen LogP contribution in [0.5, 0.6) is 0 Å². The Hall–Kier alpha value is -2.33. The van der Waals surface area contributed by atoms with Gasteiger partial charge >= 0.3 is 19.8 Å². The summed E-state index contributed by atoms with van der Waals surface area (Å²) < 4.78 is 33.3. The van der Waals surface area contributed by atoms with Gasteiger partial charge in [0.25, 0.3) is 0 Å². The minimum atomic E-state index is -4.63. The van der Waals surface area contributed by atoms with Crippen LogP contribution in [0.2, 0.25) is 0 Å². The zero-order chi connectivity index (χ0) is 40.5. The van der Waals surface area contributed by atoms with Gasteiger partial charge in [-0.15, -0.1) is 0 Å². The Morgan fingerprint density at radius 3 is 1.55 bits per heavy atom. The quantitative estimate of drug-likeness (QED) is 0.0236. The number of hydrogen-bond acceptors (Lipinski definition) is 8. The summed E-state index contributed by atoms with van der Waals surface area (Å²) in [5.41, 5.74) is 5.35. The number of phosphoric ester groups is 1. The van der Waals surface area contributed by atoms with Gasteiger partial charge in [-0.05, 0) is 57.8 Å². The third-order valence-electron chi connectivity index (χ3n) is 8.81. The van der Waals surface area contributed by atoms with Gasteiger partial charge in [0.1, 0.15) is 12.1 Å². The smallest absolute Gasteiger partial charge is 0.472 e. The first-order chi connectivity index (χ1) is 26.7. The topological polar surface area (TPSA) is 155 Å². The molecule has 0 spiro atoms. The molecule has 0 heterocycles. The van der Waals surface area contributed by atoms with E-state index in [1.807, 2.05) is 0 Å².